The molecule has 0 aliphatic carbocycles. The molecule has 100 valence electrons. The normalized spacial score (nSPS) is 23.8. The SMILES string of the molecule is Cc1ccc(C2OCCC2CNCC(C)C)cn1. The van der Waals surface area contributed by atoms with E-state index in [9.17, 15) is 0 Å². The summed E-state index contributed by atoms with van der Waals surface area (Å²) in [6, 6.07) is 4.21. The van der Waals surface area contributed by atoms with E-state index in [1.807, 2.05) is 13.1 Å². The Bertz CT molecular complexity index is 361. The van der Waals surface area contributed by atoms with Gasteiger partial charge in [-0.05, 0) is 37.4 Å². The predicted molar refractivity (Wildman–Crippen MR) is 73.5 cm³/mol. The highest BCUT2D eigenvalue weighted by Gasteiger charge is 2.29. The van der Waals surface area contributed by atoms with E-state index < -0.39 is 0 Å². The zero-order valence-corrected chi connectivity index (χ0v) is 11.6. The molecule has 0 radical (unpaired) electrons. The van der Waals surface area contributed by atoms with Crippen LogP contribution in [0.5, 0.6) is 0 Å². The van der Waals surface area contributed by atoms with Crippen LogP contribution in [0.25, 0.3) is 0 Å². The lowest BCUT2D eigenvalue weighted by atomic mass is 9.96. The summed E-state index contributed by atoms with van der Waals surface area (Å²) in [6.45, 7) is 9.47. The average Bonchev–Trinajstić information content (AvgIpc) is 2.78. The van der Waals surface area contributed by atoms with Gasteiger partial charge in [0.25, 0.3) is 0 Å². The van der Waals surface area contributed by atoms with Crippen molar-refractivity contribution in [1.29, 1.82) is 0 Å². The van der Waals surface area contributed by atoms with Crippen LogP contribution in [0.3, 0.4) is 0 Å². The van der Waals surface area contributed by atoms with Crippen LogP contribution in [-0.4, -0.2) is 24.7 Å². The van der Waals surface area contributed by atoms with Crippen LogP contribution in [0.2, 0.25) is 0 Å². The quantitative estimate of drug-likeness (QED) is 0.870. The summed E-state index contributed by atoms with van der Waals surface area (Å²) in [5, 5.41) is 3.54. The molecule has 2 atom stereocenters. The first-order chi connectivity index (χ1) is 8.66. The maximum Gasteiger partial charge on any atom is 0.0880 e. The molecule has 18 heavy (non-hydrogen) atoms. The third-order valence-electron chi connectivity index (χ3n) is 3.44. The van der Waals surface area contributed by atoms with Gasteiger partial charge in [-0.2, -0.15) is 0 Å². The van der Waals surface area contributed by atoms with Crippen molar-refractivity contribution in [2.75, 3.05) is 19.7 Å². The lowest BCUT2D eigenvalue weighted by Gasteiger charge is -2.19. The predicted octanol–water partition coefficient (Wildman–Crippen LogP) is 2.71. The van der Waals surface area contributed by atoms with Gasteiger partial charge in [0, 0.05) is 31.0 Å². The van der Waals surface area contributed by atoms with Crippen molar-refractivity contribution in [3.05, 3.63) is 29.6 Å². The number of hydrogen-bond donors (Lipinski definition) is 1. The monoisotopic (exact) mass is 248 g/mol. The Morgan fingerprint density at radius 2 is 2.28 bits per heavy atom. The van der Waals surface area contributed by atoms with E-state index in [0.29, 0.717) is 11.8 Å². The van der Waals surface area contributed by atoms with Crippen LogP contribution in [-0.2, 0) is 4.74 Å². The van der Waals surface area contributed by atoms with E-state index in [0.717, 1.165) is 31.8 Å². The Morgan fingerprint density at radius 1 is 1.44 bits per heavy atom. The number of pyridine rings is 1. The summed E-state index contributed by atoms with van der Waals surface area (Å²) >= 11 is 0. The summed E-state index contributed by atoms with van der Waals surface area (Å²) < 4.78 is 5.87. The van der Waals surface area contributed by atoms with Crippen molar-refractivity contribution in [2.45, 2.75) is 33.3 Å². The number of aryl methyl sites for hydroxylation is 1. The lowest BCUT2D eigenvalue weighted by molar-refractivity contribution is 0.0901. The molecule has 0 aromatic carbocycles. The molecule has 0 spiro atoms. The molecule has 1 fully saturated rings. The minimum absolute atomic E-state index is 0.220. The van der Waals surface area contributed by atoms with Crippen LogP contribution in [0.1, 0.15) is 37.6 Å². The Labute approximate surface area is 110 Å². The molecule has 3 nitrogen and oxygen atoms in total. The van der Waals surface area contributed by atoms with Crippen LogP contribution in [0.4, 0.5) is 0 Å². The fraction of sp³-hybridized carbons (Fsp3) is 0.667. The number of ether oxygens (including phenoxy) is 1. The number of aromatic nitrogens is 1. The van der Waals surface area contributed by atoms with Crippen LogP contribution >= 0.6 is 0 Å². The van der Waals surface area contributed by atoms with Crippen molar-refractivity contribution in [3.63, 3.8) is 0 Å². The van der Waals surface area contributed by atoms with Crippen molar-refractivity contribution >= 4 is 0 Å². The van der Waals surface area contributed by atoms with E-state index in [2.05, 4.69) is 36.3 Å². The fourth-order valence-corrected chi connectivity index (χ4v) is 2.42. The molecule has 1 saturated heterocycles. The van der Waals surface area contributed by atoms with Gasteiger partial charge in [0.15, 0.2) is 0 Å². The number of nitrogens with one attached hydrogen (secondary N) is 1. The van der Waals surface area contributed by atoms with Gasteiger partial charge in [0.2, 0.25) is 0 Å². The Balaban J connectivity index is 1.92. The maximum absolute atomic E-state index is 5.87. The zero-order valence-electron chi connectivity index (χ0n) is 11.6. The van der Waals surface area contributed by atoms with Crippen LogP contribution in [0.15, 0.2) is 18.3 Å². The van der Waals surface area contributed by atoms with Crippen molar-refractivity contribution in [1.82, 2.24) is 10.3 Å². The fourth-order valence-electron chi connectivity index (χ4n) is 2.42. The molecule has 0 amide bonds. The van der Waals surface area contributed by atoms with E-state index >= 15 is 0 Å². The molecule has 2 heterocycles. The molecule has 2 unspecified atom stereocenters. The van der Waals surface area contributed by atoms with Crippen molar-refractivity contribution < 1.29 is 4.74 Å². The standard InChI is InChI=1S/C15H24N2O/c1-11(2)8-16-9-14-6-7-18-15(14)13-5-4-12(3)17-10-13/h4-5,10-11,14-16H,6-9H2,1-3H3. The van der Waals surface area contributed by atoms with Gasteiger partial charge in [-0.3, -0.25) is 4.98 Å². The Morgan fingerprint density at radius 3 is 2.94 bits per heavy atom. The van der Waals surface area contributed by atoms with Gasteiger partial charge >= 0.3 is 0 Å². The first-order valence-corrected chi connectivity index (χ1v) is 6.91. The third kappa shape index (κ3) is 3.53. The average molecular weight is 248 g/mol. The smallest absolute Gasteiger partial charge is 0.0880 e. The van der Waals surface area contributed by atoms with Gasteiger partial charge < -0.3 is 10.1 Å². The van der Waals surface area contributed by atoms with Gasteiger partial charge in [-0.25, -0.2) is 0 Å². The second-order valence-corrected chi connectivity index (χ2v) is 5.63. The Kier molecular flexibility index (Phi) is 4.72. The summed E-state index contributed by atoms with van der Waals surface area (Å²) in [5.41, 5.74) is 2.28. The second-order valence-electron chi connectivity index (χ2n) is 5.63. The number of nitrogens with zero attached hydrogens (tertiary/aromatic N) is 1. The van der Waals surface area contributed by atoms with Gasteiger partial charge in [0.1, 0.15) is 0 Å². The number of rotatable bonds is 5. The summed E-state index contributed by atoms with van der Waals surface area (Å²) in [7, 11) is 0. The van der Waals surface area contributed by atoms with Gasteiger partial charge in [0.05, 0.1) is 6.10 Å². The summed E-state index contributed by atoms with van der Waals surface area (Å²) in [4.78, 5) is 4.37. The first-order valence-electron chi connectivity index (χ1n) is 6.91. The highest BCUT2D eigenvalue weighted by Crippen LogP contribution is 2.33. The first kappa shape index (κ1) is 13.5. The maximum atomic E-state index is 5.87. The molecule has 1 aromatic rings. The molecule has 1 aliphatic heterocycles. The minimum atomic E-state index is 0.220. The molecular weight excluding hydrogens is 224 g/mol. The molecule has 3 heteroatoms. The lowest BCUT2D eigenvalue weighted by Crippen LogP contribution is -2.28. The molecule has 2 rings (SSSR count). The summed E-state index contributed by atoms with van der Waals surface area (Å²) in [5.74, 6) is 1.28. The zero-order chi connectivity index (χ0) is 13.0. The van der Waals surface area contributed by atoms with E-state index in [1.165, 1.54) is 5.56 Å². The largest absolute Gasteiger partial charge is 0.373 e. The molecular formula is C15H24N2O. The van der Waals surface area contributed by atoms with Crippen LogP contribution < -0.4 is 5.32 Å². The minimum Gasteiger partial charge on any atom is -0.373 e. The second kappa shape index (κ2) is 6.30. The molecule has 0 bridgehead atoms. The van der Waals surface area contributed by atoms with E-state index in [1.54, 1.807) is 0 Å². The topological polar surface area (TPSA) is 34.1 Å². The molecule has 0 saturated carbocycles. The number of hydrogen-bond acceptors (Lipinski definition) is 3. The third-order valence-corrected chi connectivity index (χ3v) is 3.44. The van der Waals surface area contributed by atoms with E-state index in [-0.39, 0.29) is 6.10 Å². The van der Waals surface area contributed by atoms with Gasteiger partial charge in [-0.15, -0.1) is 0 Å². The van der Waals surface area contributed by atoms with Gasteiger partial charge in [-0.1, -0.05) is 19.9 Å². The van der Waals surface area contributed by atoms with Crippen LogP contribution in [0, 0.1) is 18.8 Å². The van der Waals surface area contributed by atoms with E-state index in [4.69, 9.17) is 4.74 Å². The van der Waals surface area contributed by atoms with Crippen molar-refractivity contribution in [3.8, 4) is 0 Å². The molecule has 1 aliphatic rings. The van der Waals surface area contributed by atoms with Crippen molar-refractivity contribution in [2.24, 2.45) is 11.8 Å². The highest BCUT2D eigenvalue weighted by molar-refractivity contribution is 5.17. The molecule has 1 N–H and O–H groups in total. The Hall–Kier alpha value is -0.930. The molecule has 1 aromatic heterocycles. The summed E-state index contributed by atoms with van der Waals surface area (Å²) in [6.07, 6.45) is 3.32. The highest BCUT2D eigenvalue weighted by atomic mass is 16.5.